The Morgan fingerprint density at radius 1 is 1.00 bits per heavy atom. The smallest absolute Gasteiger partial charge is 0.261 e. The van der Waals surface area contributed by atoms with Crippen LogP contribution in [0.4, 0.5) is 5.69 Å². The predicted molar refractivity (Wildman–Crippen MR) is 103 cm³/mol. The summed E-state index contributed by atoms with van der Waals surface area (Å²) in [5.74, 6) is -0.138. The summed E-state index contributed by atoms with van der Waals surface area (Å²) in [4.78, 5) is 14.6. The van der Waals surface area contributed by atoms with E-state index in [4.69, 9.17) is 5.26 Å². The van der Waals surface area contributed by atoms with Gasteiger partial charge in [0.1, 0.15) is 0 Å². The number of benzene rings is 2. The van der Waals surface area contributed by atoms with E-state index >= 15 is 0 Å². The summed E-state index contributed by atoms with van der Waals surface area (Å²) in [6.07, 6.45) is 4.18. The monoisotopic (exact) mass is 383 g/mol. The first-order chi connectivity index (χ1) is 13.0. The average molecular weight is 383 g/mol. The summed E-state index contributed by atoms with van der Waals surface area (Å²) in [6.45, 7) is 1.41. The van der Waals surface area contributed by atoms with E-state index in [1.165, 1.54) is 18.2 Å². The van der Waals surface area contributed by atoms with Gasteiger partial charge in [-0.2, -0.15) is 5.26 Å². The van der Waals surface area contributed by atoms with Crippen molar-refractivity contribution >= 4 is 21.6 Å². The first-order valence-corrected chi connectivity index (χ1v) is 10.4. The van der Waals surface area contributed by atoms with E-state index in [2.05, 4.69) is 4.72 Å². The summed E-state index contributed by atoms with van der Waals surface area (Å²) in [6, 6.07) is 14.3. The van der Waals surface area contributed by atoms with Crippen LogP contribution < -0.4 is 4.72 Å². The lowest BCUT2D eigenvalue weighted by atomic mass is 10.2. The summed E-state index contributed by atoms with van der Waals surface area (Å²) < 4.78 is 27.8. The molecule has 1 amide bonds. The first-order valence-electron chi connectivity index (χ1n) is 8.92. The molecule has 1 aliphatic rings. The van der Waals surface area contributed by atoms with Gasteiger partial charge in [0, 0.05) is 18.7 Å². The number of nitrogens with one attached hydrogen (secondary N) is 1. The number of likely N-dealkylation sites (tertiary alicyclic amines) is 1. The van der Waals surface area contributed by atoms with E-state index in [1.54, 1.807) is 35.2 Å². The van der Waals surface area contributed by atoms with Gasteiger partial charge in [-0.3, -0.25) is 9.52 Å². The van der Waals surface area contributed by atoms with Gasteiger partial charge >= 0.3 is 0 Å². The molecule has 2 aromatic rings. The SMILES string of the molecule is N#Cc1cccc(NS(=O)(=O)c2cccc(C(=O)N3CCCCCC3)c2)c1. The second-order valence-electron chi connectivity index (χ2n) is 6.53. The van der Waals surface area contributed by atoms with Crippen molar-refractivity contribution in [3.05, 3.63) is 59.7 Å². The fourth-order valence-electron chi connectivity index (χ4n) is 3.12. The van der Waals surface area contributed by atoms with Crippen LogP contribution in [-0.2, 0) is 10.0 Å². The van der Waals surface area contributed by atoms with Crippen LogP contribution in [0.1, 0.15) is 41.6 Å². The normalized spacial score (nSPS) is 14.9. The van der Waals surface area contributed by atoms with E-state index in [1.807, 2.05) is 6.07 Å². The van der Waals surface area contributed by atoms with Crippen LogP contribution in [0.25, 0.3) is 0 Å². The van der Waals surface area contributed by atoms with Gasteiger partial charge in [0.2, 0.25) is 0 Å². The molecule has 0 atom stereocenters. The Kier molecular flexibility index (Phi) is 5.77. The van der Waals surface area contributed by atoms with Crippen molar-refractivity contribution in [2.24, 2.45) is 0 Å². The number of carbonyl (C=O) groups is 1. The zero-order valence-corrected chi connectivity index (χ0v) is 15.7. The Morgan fingerprint density at radius 3 is 2.41 bits per heavy atom. The van der Waals surface area contributed by atoms with Crippen molar-refractivity contribution in [1.29, 1.82) is 5.26 Å². The molecule has 27 heavy (non-hydrogen) atoms. The molecule has 140 valence electrons. The second-order valence-corrected chi connectivity index (χ2v) is 8.21. The zero-order valence-electron chi connectivity index (χ0n) is 14.9. The maximum Gasteiger partial charge on any atom is 0.261 e. The quantitative estimate of drug-likeness (QED) is 0.876. The van der Waals surface area contributed by atoms with Crippen LogP contribution in [0.2, 0.25) is 0 Å². The van der Waals surface area contributed by atoms with Gasteiger partial charge in [-0.25, -0.2) is 8.42 Å². The molecule has 1 N–H and O–H groups in total. The molecule has 3 rings (SSSR count). The van der Waals surface area contributed by atoms with Gasteiger partial charge in [-0.1, -0.05) is 25.0 Å². The molecule has 2 aromatic carbocycles. The first kappa shape index (κ1) is 18.9. The van der Waals surface area contributed by atoms with Crippen LogP contribution in [-0.4, -0.2) is 32.3 Å². The molecule has 0 saturated carbocycles. The van der Waals surface area contributed by atoms with Gasteiger partial charge in [0.25, 0.3) is 15.9 Å². The molecule has 6 nitrogen and oxygen atoms in total. The van der Waals surface area contributed by atoms with E-state index < -0.39 is 10.0 Å². The predicted octanol–water partition coefficient (Wildman–Crippen LogP) is 3.38. The Bertz CT molecular complexity index is 972. The molecule has 0 aromatic heterocycles. The largest absolute Gasteiger partial charge is 0.339 e. The van der Waals surface area contributed by atoms with Crippen molar-refractivity contribution in [3.8, 4) is 6.07 Å². The number of sulfonamides is 1. The zero-order chi connectivity index (χ0) is 19.3. The number of rotatable bonds is 4. The topological polar surface area (TPSA) is 90.3 Å². The fraction of sp³-hybridized carbons (Fsp3) is 0.300. The van der Waals surface area contributed by atoms with Gasteiger partial charge in [0.15, 0.2) is 0 Å². The minimum absolute atomic E-state index is 0.0190. The molecular weight excluding hydrogens is 362 g/mol. The Morgan fingerprint density at radius 2 is 1.70 bits per heavy atom. The van der Waals surface area contributed by atoms with Crippen LogP contribution in [0.3, 0.4) is 0 Å². The summed E-state index contributed by atoms with van der Waals surface area (Å²) in [5.41, 5.74) is 1.03. The molecular formula is C20H21N3O3S. The molecule has 1 aliphatic heterocycles. The van der Waals surface area contributed by atoms with Crippen LogP contribution >= 0.6 is 0 Å². The number of nitrogens with zero attached hydrogens (tertiary/aromatic N) is 2. The number of amides is 1. The van der Waals surface area contributed by atoms with Gasteiger partial charge in [-0.05, 0) is 49.2 Å². The third-order valence-electron chi connectivity index (χ3n) is 4.53. The molecule has 0 radical (unpaired) electrons. The van der Waals surface area contributed by atoms with E-state index in [-0.39, 0.29) is 10.8 Å². The maximum atomic E-state index is 12.7. The number of anilines is 1. The summed E-state index contributed by atoms with van der Waals surface area (Å²) >= 11 is 0. The lowest BCUT2D eigenvalue weighted by Gasteiger charge is -2.20. The van der Waals surface area contributed by atoms with Crippen molar-refractivity contribution in [1.82, 2.24) is 4.90 Å². The number of nitriles is 1. The Hall–Kier alpha value is -2.85. The lowest BCUT2D eigenvalue weighted by Crippen LogP contribution is -2.32. The van der Waals surface area contributed by atoms with E-state index in [9.17, 15) is 13.2 Å². The maximum absolute atomic E-state index is 12.7. The number of hydrogen-bond donors (Lipinski definition) is 1. The molecule has 0 aliphatic carbocycles. The number of hydrogen-bond acceptors (Lipinski definition) is 4. The molecule has 1 saturated heterocycles. The highest BCUT2D eigenvalue weighted by molar-refractivity contribution is 7.92. The van der Waals surface area contributed by atoms with Gasteiger partial charge < -0.3 is 4.90 Å². The third-order valence-corrected chi connectivity index (χ3v) is 5.91. The summed E-state index contributed by atoms with van der Waals surface area (Å²) in [7, 11) is -3.86. The molecule has 0 spiro atoms. The fourth-order valence-corrected chi connectivity index (χ4v) is 4.21. The van der Waals surface area contributed by atoms with Gasteiger partial charge in [0.05, 0.1) is 22.2 Å². The van der Waals surface area contributed by atoms with E-state index in [0.29, 0.717) is 29.9 Å². The Labute approximate surface area is 159 Å². The lowest BCUT2D eigenvalue weighted by molar-refractivity contribution is 0.0761. The second kappa shape index (κ2) is 8.23. The highest BCUT2D eigenvalue weighted by atomic mass is 32.2. The minimum atomic E-state index is -3.86. The Balaban J connectivity index is 1.83. The molecule has 1 fully saturated rings. The number of carbonyl (C=O) groups excluding carboxylic acids is 1. The van der Waals surface area contributed by atoms with Crippen molar-refractivity contribution < 1.29 is 13.2 Å². The molecule has 1 heterocycles. The molecule has 0 bridgehead atoms. The standard InChI is InChI=1S/C20H21N3O3S/c21-15-16-7-5-9-18(13-16)22-27(25,26)19-10-6-8-17(14-19)20(24)23-11-3-1-2-4-12-23/h5-10,13-14,22H,1-4,11-12H2. The van der Waals surface area contributed by atoms with Gasteiger partial charge in [-0.15, -0.1) is 0 Å². The van der Waals surface area contributed by atoms with Crippen molar-refractivity contribution in [2.75, 3.05) is 17.8 Å². The summed E-state index contributed by atoms with van der Waals surface area (Å²) in [5, 5.41) is 8.95. The van der Waals surface area contributed by atoms with Crippen LogP contribution in [0, 0.1) is 11.3 Å². The van der Waals surface area contributed by atoms with Crippen LogP contribution in [0.5, 0.6) is 0 Å². The molecule has 0 unspecified atom stereocenters. The third kappa shape index (κ3) is 4.66. The highest BCUT2D eigenvalue weighted by Gasteiger charge is 2.20. The van der Waals surface area contributed by atoms with Crippen molar-refractivity contribution in [3.63, 3.8) is 0 Å². The van der Waals surface area contributed by atoms with Crippen LogP contribution in [0.15, 0.2) is 53.4 Å². The van der Waals surface area contributed by atoms with E-state index in [0.717, 1.165) is 25.7 Å². The highest BCUT2D eigenvalue weighted by Crippen LogP contribution is 2.20. The average Bonchev–Trinajstić information content (AvgIpc) is 2.97. The minimum Gasteiger partial charge on any atom is -0.339 e. The molecule has 7 heteroatoms. The van der Waals surface area contributed by atoms with Crippen molar-refractivity contribution in [2.45, 2.75) is 30.6 Å².